The van der Waals surface area contributed by atoms with Gasteiger partial charge in [0.25, 0.3) is 0 Å². The van der Waals surface area contributed by atoms with Crippen molar-refractivity contribution in [3.05, 3.63) is 39.1 Å². The van der Waals surface area contributed by atoms with Crippen LogP contribution < -0.4 is 0 Å². The van der Waals surface area contributed by atoms with Crippen LogP contribution in [0.2, 0.25) is 5.15 Å². The topological polar surface area (TPSA) is 41.9 Å². The molecule has 90 valence electrons. The molecular formula is C11H13ClN4S. The SMILES string of the molecule is Cc1ncsc1CN(C)Cc1ccc(Cl)nn1. The molecule has 2 aromatic rings. The number of rotatable bonds is 4. The first kappa shape index (κ1) is 12.4. The minimum Gasteiger partial charge on any atom is -0.295 e. The van der Waals surface area contributed by atoms with Gasteiger partial charge in [-0.25, -0.2) is 4.98 Å². The Balaban J connectivity index is 1.95. The van der Waals surface area contributed by atoms with E-state index in [1.54, 1.807) is 17.4 Å². The van der Waals surface area contributed by atoms with Crippen molar-refractivity contribution in [3.8, 4) is 0 Å². The molecule has 0 unspecified atom stereocenters. The molecule has 0 saturated heterocycles. The molecule has 0 aromatic carbocycles. The molecule has 0 aliphatic rings. The van der Waals surface area contributed by atoms with Crippen LogP contribution in [0.5, 0.6) is 0 Å². The predicted molar refractivity (Wildman–Crippen MR) is 69.1 cm³/mol. The lowest BCUT2D eigenvalue weighted by Crippen LogP contribution is -2.18. The summed E-state index contributed by atoms with van der Waals surface area (Å²) in [6.45, 7) is 3.66. The van der Waals surface area contributed by atoms with Crippen molar-refractivity contribution < 1.29 is 0 Å². The first-order chi connectivity index (χ1) is 8.15. The summed E-state index contributed by atoms with van der Waals surface area (Å²) in [5.74, 6) is 0. The Bertz CT molecular complexity index is 482. The highest BCUT2D eigenvalue weighted by Gasteiger charge is 2.07. The van der Waals surface area contributed by atoms with E-state index in [1.165, 1.54) is 4.88 Å². The third-order valence-electron chi connectivity index (χ3n) is 2.38. The van der Waals surface area contributed by atoms with Gasteiger partial charge in [-0.05, 0) is 26.1 Å². The van der Waals surface area contributed by atoms with E-state index in [-0.39, 0.29) is 0 Å². The highest BCUT2D eigenvalue weighted by molar-refractivity contribution is 7.09. The van der Waals surface area contributed by atoms with Gasteiger partial charge >= 0.3 is 0 Å². The fraction of sp³-hybridized carbons (Fsp3) is 0.364. The summed E-state index contributed by atoms with van der Waals surface area (Å²) in [7, 11) is 2.05. The van der Waals surface area contributed by atoms with Crippen LogP contribution in [-0.4, -0.2) is 27.1 Å². The molecule has 2 rings (SSSR count). The summed E-state index contributed by atoms with van der Waals surface area (Å²) >= 11 is 7.37. The summed E-state index contributed by atoms with van der Waals surface area (Å²) in [4.78, 5) is 7.70. The van der Waals surface area contributed by atoms with Gasteiger partial charge in [-0.3, -0.25) is 4.90 Å². The summed E-state index contributed by atoms with van der Waals surface area (Å²) in [5, 5.41) is 8.29. The van der Waals surface area contributed by atoms with E-state index in [9.17, 15) is 0 Å². The normalized spacial score (nSPS) is 11.1. The highest BCUT2D eigenvalue weighted by atomic mass is 35.5. The van der Waals surface area contributed by atoms with Crippen molar-refractivity contribution in [1.82, 2.24) is 20.1 Å². The molecule has 17 heavy (non-hydrogen) atoms. The van der Waals surface area contributed by atoms with Crippen LogP contribution in [0.1, 0.15) is 16.3 Å². The lowest BCUT2D eigenvalue weighted by atomic mass is 10.3. The quantitative estimate of drug-likeness (QED) is 0.855. The maximum atomic E-state index is 5.69. The number of aromatic nitrogens is 3. The van der Waals surface area contributed by atoms with Gasteiger partial charge in [0.2, 0.25) is 0 Å². The van der Waals surface area contributed by atoms with Crippen molar-refractivity contribution in [2.24, 2.45) is 0 Å². The summed E-state index contributed by atoms with van der Waals surface area (Å²) in [6.07, 6.45) is 0. The Morgan fingerprint density at radius 3 is 2.71 bits per heavy atom. The van der Waals surface area contributed by atoms with Crippen LogP contribution in [0, 0.1) is 6.92 Å². The summed E-state index contributed by atoms with van der Waals surface area (Å²) in [5.41, 5.74) is 3.89. The van der Waals surface area contributed by atoms with Crippen LogP contribution in [0.25, 0.3) is 0 Å². The van der Waals surface area contributed by atoms with E-state index in [0.29, 0.717) is 5.15 Å². The van der Waals surface area contributed by atoms with Crippen molar-refractivity contribution in [1.29, 1.82) is 0 Å². The van der Waals surface area contributed by atoms with Crippen LogP contribution in [0.3, 0.4) is 0 Å². The van der Waals surface area contributed by atoms with Gasteiger partial charge in [-0.2, -0.15) is 5.10 Å². The van der Waals surface area contributed by atoms with Gasteiger partial charge in [0, 0.05) is 18.0 Å². The van der Waals surface area contributed by atoms with Gasteiger partial charge in [0.1, 0.15) is 0 Å². The summed E-state index contributed by atoms with van der Waals surface area (Å²) in [6, 6.07) is 3.65. The molecule has 0 spiro atoms. The van der Waals surface area contributed by atoms with Gasteiger partial charge in [-0.15, -0.1) is 16.4 Å². The molecule has 0 N–H and O–H groups in total. The molecule has 0 aliphatic carbocycles. The monoisotopic (exact) mass is 268 g/mol. The molecule has 4 nitrogen and oxygen atoms in total. The van der Waals surface area contributed by atoms with Crippen LogP contribution >= 0.6 is 22.9 Å². The first-order valence-electron chi connectivity index (χ1n) is 5.21. The smallest absolute Gasteiger partial charge is 0.151 e. The molecule has 0 aliphatic heterocycles. The van der Waals surface area contributed by atoms with Gasteiger partial charge in [0.15, 0.2) is 5.15 Å². The molecule has 2 heterocycles. The van der Waals surface area contributed by atoms with Crippen LogP contribution in [0.15, 0.2) is 17.6 Å². The second-order valence-electron chi connectivity index (χ2n) is 3.88. The van der Waals surface area contributed by atoms with E-state index < -0.39 is 0 Å². The van der Waals surface area contributed by atoms with E-state index in [0.717, 1.165) is 24.5 Å². The number of thiazole rings is 1. The Kier molecular flexibility index (Phi) is 4.04. The highest BCUT2D eigenvalue weighted by Crippen LogP contribution is 2.15. The number of hydrogen-bond donors (Lipinski definition) is 0. The molecule has 2 aromatic heterocycles. The van der Waals surface area contributed by atoms with E-state index in [1.807, 2.05) is 18.5 Å². The zero-order valence-electron chi connectivity index (χ0n) is 9.72. The average Bonchev–Trinajstić information content (AvgIpc) is 2.68. The Labute approximate surface area is 109 Å². The standard InChI is InChI=1S/C11H13ClN4S/c1-8-10(17-7-13-8)6-16(2)5-9-3-4-11(12)15-14-9/h3-4,7H,5-6H2,1-2H3. The number of nitrogens with zero attached hydrogens (tertiary/aromatic N) is 4. The third kappa shape index (κ3) is 3.46. The fourth-order valence-corrected chi connectivity index (χ4v) is 2.44. The van der Waals surface area contributed by atoms with Gasteiger partial charge < -0.3 is 0 Å². The number of aryl methyl sites for hydroxylation is 1. The van der Waals surface area contributed by atoms with Gasteiger partial charge in [0.05, 0.1) is 16.9 Å². The molecule has 6 heteroatoms. The molecule has 0 fully saturated rings. The fourth-order valence-electron chi connectivity index (χ4n) is 1.48. The predicted octanol–water partition coefficient (Wildman–Crippen LogP) is 2.53. The number of halogens is 1. The van der Waals surface area contributed by atoms with Crippen molar-refractivity contribution >= 4 is 22.9 Å². The lowest BCUT2D eigenvalue weighted by Gasteiger charge is -2.14. The first-order valence-corrected chi connectivity index (χ1v) is 6.46. The van der Waals surface area contributed by atoms with E-state index in [2.05, 4.69) is 27.1 Å². The molecular weight excluding hydrogens is 256 g/mol. The van der Waals surface area contributed by atoms with E-state index in [4.69, 9.17) is 11.6 Å². The van der Waals surface area contributed by atoms with Crippen LogP contribution in [0.4, 0.5) is 0 Å². The maximum absolute atomic E-state index is 5.69. The maximum Gasteiger partial charge on any atom is 0.151 e. The second kappa shape index (κ2) is 5.53. The summed E-state index contributed by atoms with van der Waals surface area (Å²) < 4.78 is 0. The molecule has 0 amide bonds. The molecule has 0 saturated carbocycles. The second-order valence-corrected chi connectivity index (χ2v) is 5.21. The Morgan fingerprint density at radius 2 is 2.12 bits per heavy atom. The molecule has 0 bridgehead atoms. The van der Waals surface area contributed by atoms with Crippen molar-refractivity contribution in [2.75, 3.05) is 7.05 Å². The third-order valence-corrected chi connectivity index (χ3v) is 3.50. The van der Waals surface area contributed by atoms with E-state index >= 15 is 0 Å². The minimum atomic E-state index is 0.426. The zero-order valence-corrected chi connectivity index (χ0v) is 11.3. The average molecular weight is 269 g/mol. The van der Waals surface area contributed by atoms with Crippen LogP contribution in [-0.2, 0) is 13.1 Å². The lowest BCUT2D eigenvalue weighted by molar-refractivity contribution is 0.316. The number of hydrogen-bond acceptors (Lipinski definition) is 5. The zero-order chi connectivity index (χ0) is 12.3. The Hall–Kier alpha value is -1.04. The largest absolute Gasteiger partial charge is 0.295 e. The van der Waals surface area contributed by atoms with Crippen molar-refractivity contribution in [2.45, 2.75) is 20.0 Å². The van der Waals surface area contributed by atoms with Gasteiger partial charge in [-0.1, -0.05) is 11.6 Å². The molecule has 0 atom stereocenters. The minimum absolute atomic E-state index is 0.426. The van der Waals surface area contributed by atoms with Crippen molar-refractivity contribution in [3.63, 3.8) is 0 Å². The Morgan fingerprint density at radius 1 is 1.29 bits per heavy atom. The molecule has 0 radical (unpaired) electrons.